The van der Waals surface area contributed by atoms with Crippen LogP contribution in [0.4, 0.5) is 0 Å². The van der Waals surface area contributed by atoms with Crippen LogP contribution in [0.3, 0.4) is 0 Å². The first-order chi connectivity index (χ1) is 9.15. The largest absolute Gasteiger partial charge is 0.480 e. The standard InChI is InChI=1S/C15H14N2O2/c16-12(15(18)19)8-9-5-6-14-11(7-9)10-3-1-2-4-13(10)17-14/h1-7,12,17H,8,16H2,(H,18,19)/t12-/m0/s1. The van der Waals surface area contributed by atoms with Crippen LogP contribution in [-0.2, 0) is 11.2 Å². The number of nitrogens with two attached hydrogens (primary N) is 1. The van der Waals surface area contributed by atoms with E-state index in [0.717, 1.165) is 27.4 Å². The summed E-state index contributed by atoms with van der Waals surface area (Å²) in [5, 5.41) is 11.1. The van der Waals surface area contributed by atoms with Crippen LogP contribution in [0.2, 0.25) is 0 Å². The van der Waals surface area contributed by atoms with Crippen molar-refractivity contribution in [2.24, 2.45) is 5.73 Å². The molecular formula is C15H14N2O2. The van der Waals surface area contributed by atoms with E-state index in [4.69, 9.17) is 10.8 Å². The highest BCUT2D eigenvalue weighted by Crippen LogP contribution is 2.26. The van der Waals surface area contributed by atoms with Crippen molar-refractivity contribution in [3.8, 4) is 0 Å². The van der Waals surface area contributed by atoms with Gasteiger partial charge in [0.15, 0.2) is 0 Å². The number of aromatic nitrogens is 1. The summed E-state index contributed by atoms with van der Waals surface area (Å²) in [7, 11) is 0. The Balaban J connectivity index is 2.09. The molecule has 3 rings (SSSR count). The summed E-state index contributed by atoms with van der Waals surface area (Å²) in [6.07, 6.45) is 0.338. The van der Waals surface area contributed by atoms with Crippen molar-refractivity contribution in [2.75, 3.05) is 0 Å². The first-order valence-corrected chi connectivity index (χ1v) is 6.13. The Kier molecular flexibility index (Phi) is 2.72. The zero-order chi connectivity index (χ0) is 13.4. The minimum absolute atomic E-state index is 0.338. The molecule has 0 radical (unpaired) electrons. The molecule has 4 heteroatoms. The molecule has 2 aromatic carbocycles. The Hall–Kier alpha value is -2.33. The van der Waals surface area contributed by atoms with Gasteiger partial charge >= 0.3 is 5.97 Å². The highest BCUT2D eigenvalue weighted by atomic mass is 16.4. The molecule has 1 aromatic heterocycles. The first kappa shape index (κ1) is 11.7. The number of aliphatic carboxylic acids is 1. The normalized spacial score (nSPS) is 12.9. The van der Waals surface area contributed by atoms with E-state index in [9.17, 15) is 4.79 Å². The molecule has 0 bridgehead atoms. The first-order valence-electron chi connectivity index (χ1n) is 6.13. The van der Waals surface area contributed by atoms with Gasteiger partial charge < -0.3 is 15.8 Å². The molecule has 0 aliphatic heterocycles. The number of carboxylic acid groups (broad SMARTS) is 1. The lowest BCUT2D eigenvalue weighted by atomic mass is 10.0. The van der Waals surface area contributed by atoms with Crippen molar-refractivity contribution in [1.29, 1.82) is 0 Å². The maximum atomic E-state index is 10.8. The van der Waals surface area contributed by atoms with Gasteiger partial charge in [0.1, 0.15) is 6.04 Å². The minimum atomic E-state index is -0.973. The fourth-order valence-electron chi connectivity index (χ4n) is 2.36. The number of benzene rings is 2. The molecule has 3 aromatic rings. The second-order valence-electron chi connectivity index (χ2n) is 4.70. The Labute approximate surface area is 109 Å². The van der Waals surface area contributed by atoms with Gasteiger partial charge in [-0.3, -0.25) is 4.79 Å². The van der Waals surface area contributed by atoms with Crippen molar-refractivity contribution in [3.05, 3.63) is 48.0 Å². The average Bonchev–Trinajstić information content (AvgIpc) is 2.76. The number of carbonyl (C=O) groups is 1. The third-order valence-electron chi connectivity index (χ3n) is 3.34. The molecule has 96 valence electrons. The summed E-state index contributed by atoms with van der Waals surface area (Å²) < 4.78 is 0. The van der Waals surface area contributed by atoms with Crippen molar-refractivity contribution >= 4 is 27.8 Å². The third-order valence-corrected chi connectivity index (χ3v) is 3.34. The van der Waals surface area contributed by atoms with Crippen LogP contribution < -0.4 is 5.73 Å². The van der Waals surface area contributed by atoms with Crippen molar-refractivity contribution in [3.63, 3.8) is 0 Å². The van der Waals surface area contributed by atoms with Crippen LogP contribution in [0.25, 0.3) is 21.8 Å². The lowest BCUT2D eigenvalue weighted by Crippen LogP contribution is -2.32. The van der Waals surface area contributed by atoms with Crippen LogP contribution in [0.5, 0.6) is 0 Å². The van der Waals surface area contributed by atoms with Gasteiger partial charge in [0.05, 0.1) is 0 Å². The molecule has 4 nitrogen and oxygen atoms in total. The maximum Gasteiger partial charge on any atom is 0.320 e. The lowest BCUT2D eigenvalue weighted by Gasteiger charge is -2.06. The number of hydrogen-bond donors (Lipinski definition) is 3. The molecule has 0 saturated heterocycles. The molecule has 4 N–H and O–H groups in total. The molecule has 19 heavy (non-hydrogen) atoms. The van der Waals surface area contributed by atoms with E-state index in [-0.39, 0.29) is 0 Å². The molecule has 0 aliphatic carbocycles. The summed E-state index contributed by atoms with van der Waals surface area (Å²) in [4.78, 5) is 14.1. The van der Waals surface area contributed by atoms with Crippen molar-refractivity contribution in [2.45, 2.75) is 12.5 Å². The van der Waals surface area contributed by atoms with E-state index in [2.05, 4.69) is 11.1 Å². The van der Waals surface area contributed by atoms with Crippen molar-refractivity contribution < 1.29 is 9.90 Å². The number of rotatable bonds is 3. The summed E-state index contributed by atoms with van der Waals surface area (Å²) in [5.74, 6) is -0.973. The van der Waals surface area contributed by atoms with Gasteiger partial charge in [0, 0.05) is 21.8 Å². The molecular weight excluding hydrogens is 240 g/mol. The highest BCUT2D eigenvalue weighted by Gasteiger charge is 2.13. The molecule has 0 saturated carbocycles. The Morgan fingerprint density at radius 3 is 2.68 bits per heavy atom. The van der Waals surface area contributed by atoms with E-state index < -0.39 is 12.0 Å². The molecule has 0 spiro atoms. The number of para-hydroxylation sites is 1. The Morgan fingerprint density at radius 2 is 1.89 bits per heavy atom. The summed E-state index contributed by atoms with van der Waals surface area (Å²) >= 11 is 0. The van der Waals surface area contributed by atoms with Gasteiger partial charge in [-0.15, -0.1) is 0 Å². The maximum absolute atomic E-state index is 10.8. The second-order valence-corrected chi connectivity index (χ2v) is 4.70. The number of carboxylic acids is 1. The fraction of sp³-hybridized carbons (Fsp3) is 0.133. The smallest absolute Gasteiger partial charge is 0.320 e. The highest BCUT2D eigenvalue weighted by molar-refractivity contribution is 6.07. The second kappa shape index (κ2) is 4.40. The third kappa shape index (κ3) is 2.06. The van der Waals surface area contributed by atoms with Gasteiger partial charge in [-0.1, -0.05) is 24.3 Å². The predicted octanol–water partition coefficient (Wildman–Crippen LogP) is 2.28. The van der Waals surface area contributed by atoms with E-state index in [1.54, 1.807) is 0 Å². The fourth-order valence-corrected chi connectivity index (χ4v) is 2.36. The van der Waals surface area contributed by atoms with Gasteiger partial charge in [-0.05, 0) is 30.2 Å². The monoisotopic (exact) mass is 254 g/mol. The number of hydrogen-bond acceptors (Lipinski definition) is 2. The summed E-state index contributed by atoms with van der Waals surface area (Å²) in [5.41, 5.74) is 8.64. The van der Waals surface area contributed by atoms with Gasteiger partial charge in [-0.25, -0.2) is 0 Å². The zero-order valence-electron chi connectivity index (χ0n) is 10.3. The van der Waals surface area contributed by atoms with E-state index >= 15 is 0 Å². The molecule has 1 heterocycles. The number of H-pyrrole nitrogens is 1. The van der Waals surface area contributed by atoms with E-state index in [1.807, 2.05) is 36.4 Å². The van der Waals surface area contributed by atoms with E-state index in [1.165, 1.54) is 0 Å². The van der Waals surface area contributed by atoms with Crippen LogP contribution >= 0.6 is 0 Å². The van der Waals surface area contributed by atoms with Crippen LogP contribution in [0, 0.1) is 0 Å². The number of aromatic amines is 1. The Morgan fingerprint density at radius 1 is 1.16 bits per heavy atom. The lowest BCUT2D eigenvalue weighted by molar-refractivity contribution is -0.138. The molecule has 1 atom stereocenters. The summed E-state index contributed by atoms with van der Waals surface area (Å²) in [6.45, 7) is 0. The molecule has 0 fully saturated rings. The predicted molar refractivity (Wildman–Crippen MR) is 75.1 cm³/mol. The quantitative estimate of drug-likeness (QED) is 0.670. The van der Waals surface area contributed by atoms with Crippen LogP contribution in [0.15, 0.2) is 42.5 Å². The Bertz CT molecular complexity index is 761. The molecule has 0 unspecified atom stereocenters. The minimum Gasteiger partial charge on any atom is -0.480 e. The number of fused-ring (bicyclic) bond motifs is 3. The van der Waals surface area contributed by atoms with E-state index in [0.29, 0.717) is 6.42 Å². The molecule has 0 aliphatic rings. The topological polar surface area (TPSA) is 79.1 Å². The van der Waals surface area contributed by atoms with Crippen LogP contribution in [0.1, 0.15) is 5.56 Å². The average molecular weight is 254 g/mol. The van der Waals surface area contributed by atoms with Gasteiger partial charge in [0.25, 0.3) is 0 Å². The van der Waals surface area contributed by atoms with Crippen molar-refractivity contribution in [1.82, 2.24) is 4.98 Å². The van der Waals surface area contributed by atoms with Gasteiger partial charge in [0.2, 0.25) is 0 Å². The number of nitrogens with one attached hydrogen (secondary N) is 1. The zero-order valence-corrected chi connectivity index (χ0v) is 10.3. The summed E-state index contributed by atoms with van der Waals surface area (Å²) in [6, 6.07) is 13.1. The van der Waals surface area contributed by atoms with Gasteiger partial charge in [-0.2, -0.15) is 0 Å². The van der Waals surface area contributed by atoms with Crippen LogP contribution in [-0.4, -0.2) is 22.1 Å². The molecule has 0 amide bonds. The SMILES string of the molecule is N[C@@H](Cc1ccc2[nH]c3ccccc3c2c1)C(=O)O.